The second-order valence-electron chi connectivity index (χ2n) is 10.2. The molecule has 1 spiro atoms. The molecule has 3 saturated carbocycles. The molecule has 4 fully saturated rings. The Hall–Kier alpha value is -1.21. The second kappa shape index (κ2) is 6.41. The first kappa shape index (κ1) is 20.7. The lowest BCUT2D eigenvalue weighted by Gasteiger charge is -2.53. The molecule has 3 nitrogen and oxygen atoms in total. The number of pyridine rings is 1. The Morgan fingerprint density at radius 3 is 2.57 bits per heavy atom. The molecule has 0 bridgehead atoms. The molecule has 2 heterocycles. The van der Waals surface area contributed by atoms with E-state index in [1.165, 1.54) is 30.9 Å². The third-order valence-electron chi connectivity index (χ3n) is 8.91. The van der Waals surface area contributed by atoms with Crippen molar-refractivity contribution in [3.63, 3.8) is 0 Å². The minimum Gasteiger partial charge on any atom is -0.351 e. The molecule has 3 aliphatic carbocycles. The highest BCUT2D eigenvalue weighted by Crippen LogP contribution is 2.91. The monoisotopic (exact) mass is 437 g/mol. The predicted molar refractivity (Wildman–Crippen MR) is 115 cm³/mol. The van der Waals surface area contributed by atoms with Crippen LogP contribution in [0.1, 0.15) is 45.6 Å². The molecule has 0 amide bonds. The summed E-state index contributed by atoms with van der Waals surface area (Å²) in [5.41, 5.74) is 2.07. The minimum absolute atomic E-state index is 0.209. The van der Waals surface area contributed by atoms with Crippen LogP contribution >= 0.6 is 11.9 Å². The summed E-state index contributed by atoms with van der Waals surface area (Å²) in [5.74, 6) is 2.58. The number of piperazine rings is 1. The summed E-state index contributed by atoms with van der Waals surface area (Å²) in [4.78, 5) is 6.21. The Bertz CT molecular complexity index is 867. The quantitative estimate of drug-likeness (QED) is 0.448. The van der Waals surface area contributed by atoms with Gasteiger partial charge in [-0.05, 0) is 55.1 Å². The Balaban J connectivity index is 1.21. The van der Waals surface area contributed by atoms with Crippen LogP contribution < -0.4 is 4.90 Å². The van der Waals surface area contributed by atoms with E-state index in [4.69, 9.17) is 0 Å². The van der Waals surface area contributed by atoms with E-state index in [9.17, 15) is 13.2 Å². The summed E-state index contributed by atoms with van der Waals surface area (Å²) >= 11 is 1.96. The maximum Gasteiger partial charge on any atom is 0.417 e. The molecule has 0 radical (unpaired) electrons. The standard InChI is InChI=1S/C23H30F3N3S/c1-15-11-18-20(3,4)22(18)8-7-21(15,22)14-30-28-9-10-29(16(2)13-28)19-6-5-17(12-27-19)23(24,25)26/h5-6,12,16,18H,1,7-11,13-14H2,2-4H3. The summed E-state index contributed by atoms with van der Waals surface area (Å²) in [7, 11) is 0. The zero-order chi connectivity index (χ0) is 21.5. The second-order valence-corrected chi connectivity index (χ2v) is 11.3. The molecule has 4 aliphatic rings. The summed E-state index contributed by atoms with van der Waals surface area (Å²) in [6, 6.07) is 2.84. The van der Waals surface area contributed by atoms with Gasteiger partial charge in [0.2, 0.25) is 0 Å². The normalized spacial score (nSPS) is 37.5. The van der Waals surface area contributed by atoms with E-state index in [2.05, 4.69) is 41.5 Å². The van der Waals surface area contributed by atoms with Gasteiger partial charge in [-0.2, -0.15) is 13.2 Å². The molecule has 4 unspecified atom stereocenters. The lowest BCUT2D eigenvalue weighted by molar-refractivity contribution is -0.137. The smallest absolute Gasteiger partial charge is 0.351 e. The SMILES string of the molecule is C=C1CC2C(C)(C)C23CCC13CSN1CCN(c2ccc(C(F)(F)F)cn2)C(C)C1. The number of alkyl halides is 3. The van der Waals surface area contributed by atoms with E-state index in [1.54, 1.807) is 0 Å². The van der Waals surface area contributed by atoms with Crippen molar-refractivity contribution in [1.29, 1.82) is 0 Å². The Morgan fingerprint density at radius 1 is 1.23 bits per heavy atom. The highest BCUT2D eigenvalue weighted by Gasteiger charge is 2.86. The van der Waals surface area contributed by atoms with Crippen molar-refractivity contribution in [3.05, 3.63) is 36.0 Å². The van der Waals surface area contributed by atoms with E-state index < -0.39 is 11.7 Å². The van der Waals surface area contributed by atoms with Crippen LogP contribution in [0.2, 0.25) is 0 Å². The average Bonchev–Trinajstić information content (AvgIpc) is 3.10. The number of hydrogen-bond acceptors (Lipinski definition) is 4. The van der Waals surface area contributed by atoms with Crippen LogP contribution in [-0.2, 0) is 6.18 Å². The molecule has 5 rings (SSSR count). The van der Waals surface area contributed by atoms with Gasteiger partial charge in [0, 0.05) is 43.0 Å². The minimum atomic E-state index is -4.34. The maximum absolute atomic E-state index is 12.8. The van der Waals surface area contributed by atoms with Crippen molar-refractivity contribution in [2.24, 2.45) is 22.2 Å². The van der Waals surface area contributed by atoms with Crippen LogP contribution in [-0.4, -0.2) is 40.7 Å². The highest BCUT2D eigenvalue weighted by molar-refractivity contribution is 7.97. The van der Waals surface area contributed by atoms with Crippen LogP contribution in [0.3, 0.4) is 0 Å². The van der Waals surface area contributed by atoms with Gasteiger partial charge in [0.15, 0.2) is 0 Å². The Morgan fingerprint density at radius 2 is 2.00 bits per heavy atom. The molecule has 164 valence electrons. The molecule has 1 aliphatic heterocycles. The van der Waals surface area contributed by atoms with Gasteiger partial charge in [-0.25, -0.2) is 9.29 Å². The van der Waals surface area contributed by atoms with Crippen molar-refractivity contribution >= 4 is 17.8 Å². The lowest BCUT2D eigenvalue weighted by atomic mass is 9.54. The maximum atomic E-state index is 12.8. The van der Waals surface area contributed by atoms with Gasteiger partial charge in [0.05, 0.1) is 5.56 Å². The van der Waals surface area contributed by atoms with Gasteiger partial charge in [-0.3, -0.25) is 0 Å². The van der Waals surface area contributed by atoms with Gasteiger partial charge in [-0.15, -0.1) is 0 Å². The largest absolute Gasteiger partial charge is 0.417 e. The number of hydrogen-bond donors (Lipinski definition) is 0. The van der Waals surface area contributed by atoms with Crippen LogP contribution in [0.4, 0.5) is 19.0 Å². The van der Waals surface area contributed by atoms with Gasteiger partial charge in [-0.1, -0.05) is 37.9 Å². The van der Waals surface area contributed by atoms with Gasteiger partial charge in [0.25, 0.3) is 0 Å². The fourth-order valence-corrected chi connectivity index (χ4v) is 8.62. The summed E-state index contributed by atoms with van der Waals surface area (Å²) in [6.45, 7) is 14.0. The van der Waals surface area contributed by atoms with E-state index in [0.717, 1.165) is 43.6 Å². The van der Waals surface area contributed by atoms with Gasteiger partial charge >= 0.3 is 6.18 Å². The van der Waals surface area contributed by atoms with Gasteiger partial charge < -0.3 is 4.90 Å². The zero-order valence-electron chi connectivity index (χ0n) is 17.9. The van der Waals surface area contributed by atoms with Crippen LogP contribution in [0.15, 0.2) is 30.5 Å². The number of allylic oxidation sites excluding steroid dienone is 1. The summed E-state index contributed by atoms with van der Waals surface area (Å²) < 4.78 is 40.9. The molecule has 1 aromatic rings. The van der Waals surface area contributed by atoms with Crippen molar-refractivity contribution < 1.29 is 13.2 Å². The molecule has 30 heavy (non-hydrogen) atoms. The third kappa shape index (κ3) is 2.60. The predicted octanol–water partition coefficient (Wildman–Crippen LogP) is 5.64. The Kier molecular flexibility index (Phi) is 4.42. The number of nitrogens with zero attached hydrogens (tertiary/aromatic N) is 3. The molecule has 1 saturated heterocycles. The lowest BCUT2D eigenvalue weighted by Crippen LogP contribution is -2.51. The molecular formula is C23H30F3N3S. The topological polar surface area (TPSA) is 19.4 Å². The first-order valence-electron chi connectivity index (χ1n) is 10.9. The zero-order valence-corrected chi connectivity index (χ0v) is 18.7. The summed E-state index contributed by atoms with van der Waals surface area (Å²) in [5, 5.41) is 0. The fourth-order valence-electron chi connectivity index (χ4n) is 7.08. The first-order valence-corrected chi connectivity index (χ1v) is 11.8. The molecule has 0 aromatic carbocycles. The third-order valence-corrected chi connectivity index (χ3v) is 10.2. The van der Waals surface area contributed by atoms with Crippen LogP contribution in [0.25, 0.3) is 0 Å². The molecular weight excluding hydrogens is 407 g/mol. The summed E-state index contributed by atoms with van der Waals surface area (Å²) in [6.07, 6.45) is 0.442. The van der Waals surface area contributed by atoms with Crippen molar-refractivity contribution in [1.82, 2.24) is 9.29 Å². The van der Waals surface area contributed by atoms with Crippen LogP contribution in [0, 0.1) is 22.2 Å². The number of anilines is 1. The fraction of sp³-hybridized carbons (Fsp3) is 0.696. The first-order chi connectivity index (χ1) is 14.0. The molecule has 7 heteroatoms. The number of halogens is 3. The number of rotatable bonds is 4. The number of aromatic nitrogens is 1. The van der Waals surface area contributed by atoms with E-state index in [1.807, 2.05) is 11.9 Å². The Labute approximate surface area is 181 Å². The molecule has 4 atom stereocenters. The van der Waals surface area contributed by atoms with Gasteiger partial charge in [0.1, 0.15) is 5.82 Å². The van der Waals surface area contributed by atoms with Crippen LogP contribution in [0.5, 0.6) is 0 Å². The van der Waals surface area contributed by atoms with E-state index in [-0.39, 0.29) is 6.04 Å². The highest BCUT2D eigenvalue weighted by atomic mass is 32.2. The van der Waals surface area contributed by atoms with E-state index in [0.29, 0.717) is 22.1 Å². The van der Waals surface area contributed by atoms with E-state index >= 15 is 0 Å². The van der Waals surface area contributed by atoms with Crippen molar-refractivity contribution in [2.45, 2.75) is 52.3 Å². The van der Waals surface area contributed by atoms with Crippen molar-refractivity contribution in [3.8, 4) is 0 Å². The molecule has 0 N–H and O–H groups in total. The molecule has 1 aromatic heterocycles. The van der Waals surface area contributed by atoms with Crippen molar-refractivity contribution in [2.75, 3.05) is 30.3 Å². The average molecular weight is 438 g/mol.